The molecule has 0 radical (unpaired) electrons. The Hall–Kier alpha value is -0.950. The minimum Gasteiger partial charge on any atom is -0.463 e. The highest BCUT2D eigenvalue weighted by molar-refractivity contribution is 5.82. The van der Waals surface area contributed by atoms with Crippen molar-refractivity contribution in [2.75, 3.05) is 6.61 Å². The number of ether oxygens (including phenoxy) is 3. The molecule has 0 amide bonds. The Morgan fingerprint density at radius 3 is 2.76 bits per heavy atom. The van der Waals surface area contributed by atoms with Gasteiger partial charge in [0.15, 0.2) is 11.9 Å². The second-order valence-corrected chi connectivity index (χ2v) is 8.24. The van der Waals surface area contributed by atoms with E-state index in [-0.39, 0.29) is 11.9 Å². The maximum Gasteiger partial charge on any atom is 0.330 e. The van der Waals surface area contributed by atoms with Gasteiger partial charge in [-0.1, -0.05) is 6.92 Å². The SMILES string of the molecule is CCOC(=O)/C=C/[C@@]1(C)O[C@H]2O[C@@]3(C)CC[C@H]4[C@H](C)CCC1[C@@]24OO3. The number of carbonyl (C=O) groups excluding carboxylic acids is 1. The Morgan fingerprint density at radius 2 is 2.00 bits per heavy atom. The van der Waals surface area contributed by atoms with Crippen LogP contribution in [0.2, 0.25) is 0 Å². The highest BCUT2D eigenvalue weighted by atomic mass is 17.3. The standard InChI is InChI=1S/C19H28O6/c1-5-21-15(20)9-10-17(3)14-7-6-12(2)13-8-11-18(4)23-16(22-17)19(13,14)25-24-18/h9-10,12-14,16H,5-8,11H2,1-4H3/b10-9+/t12-,13+,14?,16+,17-,18-,19-/m1/s1. The molecule has 7 atom stereocenters. The maximum atomic E-state index is 11.8. The summed E-state index contributed by atoms with van der Waals surface area (Å²) in [6.07, 6.45) is 6.64. The maximum absolute atomic E-state index is 11.8. The predicted molar refractivity (Wildman–Crippen MR) is 88.1 cm³/mol. The molecule has 1 saturated carbocycles. The van der Waals surface area contributed by atoms with Crippen molar-refractivity contribution in [3.63, 3.8) is 0 Å². The minimum atomic E-state index is -0.770. The van der Waals surface area contributed by atoms with Gasteiger partial charge in [-0.3, -0.25) is 0 Å². The molecule has 5 fully saturated rings. The number of esters is 1. The first-order valence-corrected chi connectivity index (χ1v) is 9.41. The summed E-state index contributed by atoms with van der Waals surface area (Å²) < 4.78 is 17.6. The summed E-state index contributed by atoms with van der Waals surface area (Å²) in [5.41, 5.74) is -1.26. The van der Waals surface area contributed by atoms with Gasteiger partial charge in [-0.2, -0.15) is 0 Å². The summed E-state index contributed by atoms with van der Waals surface area (Å²) in [6, 6.07) is 0. The van der Waals surface area contributed by atoms with Gasteiger partial charge in [0.25, 0.3) is 0 Å². The predicted octanol–water partition coefficient (Wildman–Crippen LogP) is 3.11. The van der Waals surface area contributed by atoms with Crippen molar-refractivity contribution in [1.29, 1.82) is 0 Å². The lowest BCUT2D eigenvalue weighted by atomic mass is 9.60. The van der Waals surface area contributed by atoms with Crippen molar-refractivity contribution in [2.24, 2.45) is 17.8 Å². The lowest BCUT2D eigenvalue weighted by Crippen LogP contribution is -2.61. The largest absolute Gasteiger partial charge is 0.463 e. The van der Waals surface area contributed by atoms with Crippen LogP contribution in [0.15, 0.2) is 12.2 Å². The second kappa shape index (κ2) is 5.78. The van der Waals surface area contributed by atoms with Crippen molar-refractivity contribution < 1.29 is 28.8 Å². The third kappa shape index (κ3) is 2.49. The fourth-order valence-electron chi connectivity index (χ4n) is 5.33. The van der Waals surface area contributed by atoms with Gasteiger partial charge < -0.3 is 14.2 Å². The van der Waals surface area contributed by atoms with E-state index in [0.717, 1.165) is 25.7 Å². The van der Waals surface area contributed by atoms with E-state index in [4.69, 9.17) is 24.0 Å². The van der Waals surface area contributed by atoms with Gasteiger partial charge in [0.2, 0.25) is 5.79 Å². The highest BCUT2D eigenvalue weighted by Crippen LogP contribution is 2.63. The Morgan fingerprint density at radius 1 is 1.20 bits per heavy atom. The van der Waals surface area contributed by atoms with E-state index >= 15 is 0 Å². The molecule has 0 aromatic rings. The lowest BCUT2D eigenvalue weighted by Gasteiger charge is -2.50. The Labute approximate surface area is 148 Å². The molecule has 140 valence electrons. The van der Waals surface area contributed by atoms with Crippen molar-refractivity contribution in [3.05, 3.63) is 12.2 Å². The number of fused-ring (bicyclic) bond motifs is 2. The van der Waals surface area contributed by atoms with E-state index in [9.17, 15) is 4.79 Å². The number of hydrogen-bond acceptors (Lipinski definition) is 6. The smallest absolute Gasteiger partial charge is 0.330 e. The first-order valence-electron chi connectivity index (χ1n) is 9.41. The van der Waals surface area contributed by atoms with Crippen LogP contribution in [-0.4, -0.2) is 35.9 Å². The molecule has 4 heterocycles. The van der Waals surface area contributed by atoms with Gasteiger partial charge in [0.05, 0.1) is 12.2 Å². The zero-order valence-corrected chi connectivity index (χ0v) is 15.4. The van der Waals surface area contributed by atoms with Crippen molar-refractivity contribution in [3.8, 4) is 0 Å². The van der Waals surface area contributed by atoms with E-state index < -0.39 is 23.3 Å². The molecular formula is C19H28O6. The van der Waals surface area contributed by atoms with Gasteiger partial charge in [0.1, 0.15) is 0 Å². The van der Waals surface area contributed by atoms with Crippen LogP contribution in [0.1, 0.15) is 53.4 Å². The van der Waals surface area contributed by atoms with Crippen LogP contribution in [0.25, 0.3) is 0 Å². The summed E-state index contributed by atoms with van der Waals surface area (Å²) in [5, 5.41) is 0. The molecule has 5 aliphatic rings. The molecule has 1 aliphatic carbocycles. The van der Waals surface area contributed by atoms with E-state index in [1.54, 1.807) is 6.92 Å². The topological polar surface area (TPSA) is 63.2 Å². The fourth-order valence-corrected chi connectivity index (χ4v) is 5.33. The summed E-state index contributed by atoms with van der Waals surface area (Å²) >= 11 is 0. The first-order chi connectivity index (χ1) is 11.8. The van der Waals surface area contributed by atoms with E-state index in [1.165, 1.54) is 6.08 Å². The third-order valence-corrected chi connectivity index (χ3v) is 6.61. The number of hydrogen-bond donors (Lipinski definition) is 0. The van der Waals surface area contributed by atoms with Gasteiger partial charge in [-0.05, 0) is 57.9 Å². The second-order valence-electron chi connectivity index (χ2n) is 8.24. The number of carbonyl (C=O) groups is 1. The molecular weight excluding hydrogens is 324 g/mol. The van der Waals surface area contributed by atoms with Crippen LogP contribution in [-0.2, 0) is 28.8 Å². The summed E-state index contributed by atoms with van der Waals surface area (Å²) in [5.74, 6) is -0.218. The van der Waals surface area contributed by atoms with Crippen LogP contribution in [0.3, 0.4) is 0 Å². The van der Waals surface area contributed by atoms with Crippen LogP contribution in [0.4, 0.5) is 0 Å². The molecule has 0 aromatic carbocycles. The fraction of sp³-hybridized carbons (Fsp3) is 0.842. The monoisotopic (exact) mass is 352 g/mol. The van der Waals surface area contributed by atoms with Gasteiger partial charge in [-0.15, -0.1) is 0 Å². The normalized spacial score (nSPS) is 51.4. The quantitative estimate of drug-likeness (QED) is 0.442. The highest BCUT2D eigenvalue weighted by Gasteiger charge is 2.73. The lowest BCUT2D eigenvalue weighted by molar-refractivity contribution is -0.541. The van der Waals surface area contributed by atoms with Crippen molar-refractivity contribution in [1.82, 2.24) is 0 Å². The Kier molecular flexibility index (Phi) is 4.03. The minimum absolute atomic E-state index is 0.0690. The first kappa shape index (κ1) is 17.5. The molecule has 25 heavy (non-hydrogen) atoms. The van der Waals surface area contributed by atoms with Crippen molar-refractivity contribution >= 4 is 5.97 Å². The molecule has 5 rings (SSSR count). The molecule has 4 saturated heterocycles. The van der Waals surface area contributed by atoms with E-state index in [1.807, 2.05) is 19.9 Å². The number of rotatable bonds is 3. The zero-order valence-electron chi connectivity index (χ0n) is 15.4. The molecule has 1 spiro atoms. The molecule has 2 bridgehead atoms. The summed E-state index contributed by atoms with van der Waals surface area (Å²) in [6.45, 7) is 8.34. The molecule has 0 N–H and O–H groups in total. The van der Waals surface area contributed by atoms with Gasteiger partial charge in [0, 0.05) is 18.4 Å². The summed E-state index contributed by atoms with van der Waals surface area (Å²) in [7, 11) is 0. The average Bonchev–Trinajstić information content (AvgIpc) is 2.66. The molecule has 6 heteroatoms. The summed E-state index contributed by atoms with van der Waals surface area (Å²) in [4.78, 5) is 23.6. The van der Waals surface area contributed by atoms with Crippen LogP contribution in [0, 0.1) is 17.8 Å². The van der Waals surface area contributed by atoms with Crippen molar-refractivity contribution in [2.45, 2.75) is 76.7 Å². The van der Waals surface area contributed by atoms with Crippen LogP contribution in [0.5, 0.6) is 0 Å². The molecule has 0 aromatic heterocycles. The van der Waals surface area contributed by atoms with Crippen LogP contribution >= 0.6 is 0 Å². The molecule has 6 nitrogen and oxygen atoms in total. The Bertz CT molecular complexity index is 590. The molecule has 4 aliphatic heterocycles. The van der Waals surface area contributed by atoms with E-state index in [0.29, 0.717) is 18.4 Å². The van der Waals surface area contributed by atoms with Gasteiger partial charge >= 0.3 is 5.97 Å². The zero-order chi connectivity index (χ0) is 17.9. The third-order valence-electron chi connectivity index (χ3n) is 6.61. The average molecular weight is 352 g/mol. The molecule has 1 unspecified atom stereocenters. The van der Waals surface area contributed by atoms with Crippen LogP contribution < -0.4 is 0 Å². The van der Waals surface area contributed by atoms with Gasteiger partial charge in [-0.25, -0.2) is 14.6 Å². The van der Waals surface area contributed by atoms with E-state index in [2.05, 4.69) is 6.92 Å². The Balaban J connectivity index is 1.70.